The van der Waals surface area contributed by atoms with Gasteiger partial charge in [0.25, 0.3) is 5.91 Å². The second kappa shape index (κ2) is 6.00. The van der Waals surface area contributed by atoms with Gasteiger partial charge in [0.15, 0.2) is 0 Å². The highest BCUT2D eigenvalue weighted by molar-refractivity contribution is 7.08. The Kier molecular flexibility index (Phi) is 4.36. The van der Waals surface area contributed by atoms with E-state index >= 15 is 0 Å². The summed E-state index contributed by atoms with van der Waals surface area (Å²) in [4.78, 5) is 11.7. The Labute approximate surface area is 118 Å². The number of rotatable bonds is 3. The lowest BCUT2D eigenvalue weighted by Crippen LogP contribution is -2.17. The number of nitrogens with one attached hydrogen (secondary N) is 1. The van der Waals surface area contributed by atoms with E-state index in [1.807, 2.05) is 16.8 Å². The van der Waals surface area contributed by atoms with Crippen LogP contribution in [0.4, 0.5) is 0 Å². The Balaban J connectivity index is 2.01. The molecule has 1 heterocycles. The molecule has 2 rings (SSSR count). The quantitative estimate of drug-likeness (QED) is 0.679. The van der Waals surface area contributed by atoms with Crippen LogP contribution in [0.15, 0.2) is 40.1 Å². The number of amides is 1. The zero-order valence-corrected chi connectivity index (χ0v) is 11.4. The van der Waals surface area contributed by atoms with E-state index in [1.54, 1.807) is 29.7 Å². The average Bonchev–Trinajstić information content (AvgIpc) is 2.85. The van der Waals surface area contributed by atoms with Crippen molar-refractivity contribution >= 4 is 46.7 Å². The molecule has 0 atom stereocenters. The Morgan fingerprint density at radius 1 is 1.28 bits per heavy atom. The van der Waals surface area contributed by atoms with Gasteiger partial charge < -0.3 is 0 Å². The number of carbonyl (C=O) groups excluding carboxylic acids is 1. The monoisotopic (exact) mass is 298 g/mol. The van der Waals surface area contributed by atoms with Crippen LogP contribution in [0.3, 0.4) is 0 Å². The summed E-state index contributed by atoms with van der Waals surface area (Å²) in [5.74, 6) is -0.333. The van der Waals surface area contributed by atoms with Gasteiger partial charge in [-0.2, -0.15) is 16.4 Å². The number of nitrogens with zero attached hydrogens (tertiary/aromatic N) is 1. The van der Waals surface area contributed by atoms with E-state index in [0.717, 1.165) is 5.56 Å². The van der Waals surface area contributed by atoms with Gasteiger partial charge in [-0.25, -0.2) is 5.43 Å². The smallest absolute Gasteiger partial charge is 0.267 e. The highest BCUT2D eigenvalue weighted by Gasteiger charge is 2.06. The number of hydrogen-bond donors (Lipinski definition) is 1. The van der Waals surface area contributed by atoms with Crippen molar-refractivity contribution in [3.8, 4) is 0 Å². The molecule has 1 N–H and O–H groups in total. The molecule has 0 spiro atoms. The number of thiophene rings is 1. The molecule has 0 aliphatic rings. The summed E-state index contributed by atoms with van der Waals surface area (Å²) < 4.78 is 0. The second-order valence-electron chi connectivity index (χ2n) is 3.38. The molecule has 6 heteroatoms. The van der Waals surface area contributed by atoms with Crippen molar-refractivity contribution in [2.45, 2.75) is 0 Å². The van der Waals surface area contributed by atoms with Crippen molar-refractivity contribution in [3.05, 3.63) is 56.2 Å². The van der Waals surface area contributed by atoms with Crippen molar-refractivity contribution in [1.82, 2.24) is 5.43 Å². The lowest BCUT2D eigenvalue weighted by molar-refractivity contribution is 0.0955. The summed E-state index contributed by atoms with van der Waals surface area (Å²) in [6, 6.07) is 6.56. The molecule has 1 amide bonds. The summed E-state index contributed by atoms with van der Waals surface area (Å²) >= 11 is 13.2. The molecule has 2 aromatic rings. The zero-order chi connectivity index (χ0) is 13.0. The van der Waals surface area contributed by atoms with Crippen molar-refractivity contribution in [2.75, 3.05) is 0 Å². The van der Waals surface area contributed by atoms with Gasteiger partial charge in [-0.15, -0.1) is 0 Å². The van der Waals surface area contributed by atoms with Crippen molar-refractivity contribution in [2.24, 2.45) is 5.10 Å². The van der Waals surface area contributed by atoms with E-state index in [1.165, 1.54) is 6.07 Å². The molecule has 0 saturated heterocycles. The van der Waals surface area contributed by atoms with Crippen LogP contribution in [0, 0.1) is 0 Å². The fraction of sp³-hybridized carbons (Fsp3) is 0. The van der Waals surface area contributed by atoms with Gasteiger partial charge in [0.2, 0.25) is 0 Å². The van der Waals surface area contributed by atoms with Gasteiger partial charge in [-0.05, 0) is 35.0 Å². The summed E-state index contributed by atoms with van der Waals surface area (Å²) in [7, 11) is 0. The zero-order valence-electron chi connectivity index (χ0n) is 9.06. The molecule has 0 aliphatic carbocycles. The molecule has 1 aromatic heterocycles. The first-order valence-electron chi connectivity index (χ1n) is 4.97. The fourth-order valence-corrected chi connectivity index (χ4v) is 2.12. The summed E-state index contributed by atoms with van der Waals surface area (Å²) in [6.45, 7) is 0. The maximum atomic E-state index is 11.7. The normalized spacial score (nSPS) is 10.8. The van der Waals surface area contributed by atoms with Crippen LogP contribution in [0.1, 0.15) is 15.9 Å². The largest absolute Gasteiger partial charge is 0.271 e. The first-order chi connectivity index (χ1) is 8.66. The Morgan fingerprint density at radius 2 is 2.11 bits per heavy atom. The molecule has 0 saturated carbocycles. The minimum atomic E-state index is -0.333. The molecule has 0 bridgehead atoms. The molecule has 0 fully saturated rings. The van der Waals surface area contributed by atoms with E-state index in [4.69, 9.17) is 23.2 Å². The molecule has 0 radical (unpaired) electrons. The van der Waals surface area contributed by atoms with Crippen LogP contribution in [-0.2, 0) is 0 Å². The van der Waals surface area contributed by atoms with Gasteiger partial charge >= 0.3 is 0 Å². The Hall–Kier alpha value is -1.36. The SMILES string of the molecule is O=C(N/N=C/c1ccsc1)c1ccc(Cl)c(Cl)c1. The number of hydrogen-bond acceptors (Lipinski definition) is 3. The van der Waals surface area contributed by atoms with E-state index in [-0.39, 0.29) is 5.91 Å². The maximum Gasteiger partial charge on any atom is 0.271 e. The maximum absolute atomic E-state index is 11.7. The molecule has 18 heavy (non-hydrogen) atoms. The minimum absolute atomic E-state index is 0.333. The molecule has 0 unspecified atom stereocenters. The van der Waals surface area contributed by atoms with E-state index < -0.39 is 0 Å². The lowest BCUT2D eigenvalue weighted by Gasteiger charge is -2.01. The predicted molar refractivity (Wildman–Crippen MR) is 75.8 cm³/mol. The van der Waals surface area contributed by atoms with Crippen molar-refractivity contribution in [3.63, 3.8) is 0 Å². The van der Waals surface area contributed by atoms with Crippen LogP contribution in [0.25, 0.3) is 0 Å². The molecule has 1 aromatic carbocycles. The fourth-order valence-electron chi connectivity index (χ4n) is 1.22. The van der Waals surface area contributed by atoms with Crippen molar-refractivity contribution in [1.29, 1.82) is 0 Å². The van der Waals surface area contributed by atoms with Crippen molar-refractivity contribution < 1.29 is 4.79 Å². The molecular formula is C12H8Cl2N2OS. The first kappa shape index (κ1) is 13.1. The Bertz CT molecular complexity index is 582. The van der Waals surface area contributed by atoms with E-state index in [0.29, 0.717) is 15.6 Å². The van der Waals surface area contributed by atoms with E-state index in [9.17, 15) is 4.79 Å². The molecular weight excluding hydrogens is 291 g/mol. The third-order valence-corrected chi connectivity index (χ3v) is 3.55. The van der Waals surface area contributed by atoms with Crippen LogP contribution in [0.5, 0.6) is 0 Å². The molecule has 0 aliphatic heterocycles. The number of benzene rings is 1. The highest BCUT2D eigenvalue weighted by Crippen LogP contribution is 2.22. The standard InChI is InChI=1S/C12H8Cl2N2OS/c13-10-2-1-9(5-11(10)14)12(17)16-15-6-8-3-4-18-7-8/h1-7H,(H,16,17)/b15-6+. The lowest BCUT2D eigenvalue weighted by atomic mass is 10.2. The summed E-state index contributed by atoms with van der Waals surface area (Å²) in [5, 5.41) is 8.46. The second-order valence-corrected chi connectivity index (χ2v) is 4.98. The van der Waals surface area contributed by atoms with Gasteiger partial charge in [-0.1, -0.05) is 23.2 Å². The summed E-state index contributed by atoms with van der Waals surface area (Å²) in [6.07, 6.45) is 1.58. The highest BCUT2D eigenvalue weighted by atomic mass is 35.5. The third-order valence-electron chi connectivity index (χ3n) is 2.10. The van der Waals surface area contributed by atoms with E-state index in [2.05, 4.69) is 10.5 Å². The average molecular weight is 299 g/mol. The topological polar surface area (TPSA) is 41.5 Å². The first-order valence-corrected chi connectivity index (χ1v) is 6.67. The van der Waals surface area contributed by atoms with Crippen LogP contribution < -0.4 is 5.43 Å². The molecule has 92 valence electrons. The molecule has 3 nitrogen and oxygen atoms in total. The van der Waals surface area contributed by atoms with Crippen LogP contribution >= 0.6 is 34.5 Å². The number of hydrazone groups is 1. The minimum Gasteiger partial charge on any atom is -0.267 e. The van der Waals surface area contributed by atoms with Gasteiger partial charge in [-0.3, -0.25) is 4.79 Å². The third kappa shape index (κ3) is 3.32. The van der Waals surface area contributed by atoms with Gasteiger partial charge in [0, 0.05) is 11.1 Å². The summed E-state index contributed by atoms with van der Waals surface area (Å²) in [5.41, 5.74) is 3.77. The van der Waals surface area contributed by atoms with Gasteiger partial charge in [0.1, 0.15) is 0 Å². The van der Waals surface area contributed by atoms with Crippen LogP contribution in [0.2, 0.25) is 10.0 Å². The number of carbonyl (C=O) groups is 1. The Morgan fingerprint density at radius 3 is 2.78 bits per heavy atom. The number of halogens is 2. The van der Waals surface area contributed by atoms with Gasteiger partial charge in [0.05, 0.1) is 16.3 Å². The van der Waals surface area contributed by atoms with Crippen LogP contribution in [-0.4, -0.2) is 12.1 Å². The predicted octanol–water partition coefficient (Wildman–Crippen LogP) is 3.82.